The molecule has 0 radical (unpaired) electrons. The summed E-state index contributed by atoms with van der Waals surface area (Å²) < 4.78 is 5.71. The topological polar surface area (TPSA) is 102 Å². The maximum Gasteiger partial charge on any atom is 0.248 e. The van der Waals surface area contributed by atoms with Gasteiger partial charge in [-0.25, -0.2) is 0 Å². The van der Waals surface area contributed by atoms with Gasteiger partial charge in [0, 0.05) is 22.6 Å². The van der Waals surface area contributed by atoms with Crippen molar-refractivity contribution < 1.29 is 9.53 Å². The lowest BCUT2D eigenvalue weighted by Crippen LogP contribution is -2.14. The molecule has 1 atom stereocenters. The van der Waals surface area contributed by atoms with Gasteiger partial charge in [0.05, 0.1) is 6.61 Å². The first-order valence-electron chi connectivity index (χ1n) is 7.55. The first kappa shape index (κ1) is 15.1. The molecular weight excluding hydrogens is 290 g/mol. The minimum absolute atomic E-state index is 0.0533. The summed E-state index contributed by atoms with van der Waals surface area (Å²) in [5.41, 5.74) is 14.3. The number of fused-ring (bicyclic) bond motifs is 1. The number of nitrogen functional groups attached to an aromatic ring is 1. The predicted octanol–water partition coefficient (Wildman–Crippen LogP) is 2.18. The number of primary amides is 1. The number of carbonyl (C=O) groups is 1. The molecule has 5 nitrogen and oxygen atoms in total. The summed E-state index contributed by atoms with van der Waals surface area (Å²) in [6.07, 6.45) is 1.59. The Kier molecular flexibility index (Phi) is 4.02. The Balaban J connectivity index is 1.78. The van der Waals surface area contributed by atoms with Gasteiger partial charge < -0.3 is 16.2 Å². The van der Waals surface area contributed by atoms with Crippen molar-refractivity contribution in [1.29, 1.82) is 5.41 Å². The van der Waals surface area contributed by atoms with Crippen molar-refractivity contribution in [3.05, 3.63) is 64.7 Å². The highest BCUT2D eigenvalue weighted by molar-refractivity contribution is 5.95. The fourth-order valence-electron chi connectivity index (χ4n) is 2.99. The summed E-state index contributed by atoms with van der Waals surface area (Å²) in [6.45, 7) is 0.607. The standard InChI is InChI=1S/C18H19N3O2/c19-17(20)12-7-8-16-15(9-12)13(10-23-16)6-5-11-3-1-2-4-14(11)18(21)22/h1-4,7-9,13H,5-6,10H2,(H3,19,20)(H2,21,22). The van der Waals surface area contributed by atoms with Crippen LogP contribution >= 0.6 is 0 Å². The molecule has 0 saturated heterocycles. The van der Waals surface area contributed by atoms with Crippen molar-refractivity contribution >= 4 is 11.7 Å². The van der Waals surface area contributed by atoms with Crippen LogP contribution in [0.4, 0.5) is 0 Å². The quantitative estimate of drug-likeness (QED) is 0.582. The van der Waals surface area contributed by atoms with Crippen molar-refractivity contribution in [2.24, 2.45) is 11.5 Å². The highest BCUT2D eigenvalue weighted by Gasteiger charge is 2.25. The Morgan fingerprint density at radius 1 is 1.22 bits per heavy atom. The Bertz CT molecular complexity index is 771. The second-order valence-electron chi connectivity index (χ2n) is 5.73. The molecule has 23 heavy (non-hydrogen) atoms. The Morgan fingerprint density at radius 3 is 2.74 bits per heavy atom. The van der Waals surface area contributed by atoms with Gasteiger partial charge in [-0.05, 0) is 42.7 Å². The summed E-state index contributed by atoms with van der Waals surface area (Å²) >= 11 is 0. The summed E-state index contributed by atoms with van der Waals surface area (Å²) in [4.78, 5) is 11.5. The Hall–Kier alpha value is -2.82. The van der Waals surface area contributed by atoms with Crippen LogP contribution in [0.5, 0.6) is 5.75 Å². The molecule has 0 saturated carbocycles. The molecule has 1 aliphatic heterocycles. The van der Waals surface area contributed by atoms with Crippen LogP contribution < -0.4 is 16.2 Å². The van der Waals surface area contributed by atoms with Gasteiger partial charge in [0.2, 0.25) is 5.91 Å². The lowest BCUT2D eigenvalue weighted by atomic mass is 9.91. The van der Waals surface area contributed by atoms with Crippen LogP contribution in [0.3, 0.4) is 0 Å². The first-order chi connectivity index (χ1) is 11.1. The lowest BCUT2D eigenvalue weighted by Gasteiger charge is -2.11. The first-order valence-corrected chi connectivity index (χ1v) is 7.55. The molecule has 5 heteroatoms. The number of amidine groups is 1. The molecule has 1 unspecified atom stereocenters. The summed E-state index contributed by atoms with van der Waals surface area (Å²) in [5, 5.41) is 7.56. The minimum atomic E-state index is -0.400. The molecule has 0 spiro atoms. The summed E-state index contributed by atoms with van der Waals surface area (Å²) in [6, 6.07) is 13.0. The fourth-order valence-corrected chi connectivity index (χ4v) is 2.99. The number of ether oxygens (including phenoxy) is 1. The van der Waals surface area contributed by atoms with E-state index in [9.17, 15) is 4.79 Å². The zero-order valence-corrected chi connectivity index (χ0v) is 12.7. The molecule has 1 heterocycles. The van der Waals surface area contributed by atoms with E-state index in [1.54, 1.807) is 12.1 Å². The number of aryl methyl sites for hydroxylation is 1. The smallest absolute Gasteiger partial charge is 0.248 e. The van der Waals surface area contributed by atoms with Crippen molar-refractivity contribution in [3.8, 4) is 5.75 Å². The number of hydrogen-bond acceptors (Lipinski definition) is 3. The monoisotopic (exact) mass is 309 g/mol. The molecule has 2 aromatic rings. The van der Waals surface area contributed by atoms with E-state index >= 15 is 0 Å². The van der Waals surface area contributed by atoms with Crippen molar-refractivity contribution in [1.82, 2.24) is 0 Å². The minimum Gasteiger partial charge on any atom is -0.493 e. The highest BCUT2D eigenvalue weighted by atomic mass is 16.5. The van der Waals surface area contributed by atoms with E-state index in [1.807, 2.05) is 30.3 Å². The van der Waals surface area contributed by atoms with E-state index in [-0.39, 0.29) is 11.8 Å². The summed E-state index contributed by atoms with van der Waals surface area (Å²) in [5.74, 6) is 0.730. The van der Waals surface area contributed by atoms with Crippen molar-refractivity contribution in [2.45, 2.75) is 18.8 Å². The van der Waals surface area contributed by atoms with Crippen LogP contribution in [0.25, 0.3) is 0 Å². The van der Waals surface area contributed by atoms with Gasteiger partial charge in [-0.1, -0.05) is 18.2 Å². The fraction of sp³-hybridized carbons (Fsp3) is 0.222. The number of nitrogens with two attached hydrogens (primary N) is 2. The second kappa shape index (κ2) is 6.12. The van der Waals surface area contributed by atoms with Gasteiger partial charge in [0.15, 0.2) is 0 Å². The summed E-state index contributed by atoms with van der Waals surface area (Å²) in [7, 11) is 0. The van der Waals surface area contributed by atoms with Crippen LogP contribution in [0.2, 0.25) is 0 Å². The van der Waals surface area contributed by atoms with Crippen LogP contribution in [0.15, 0.2) is 42.5 Å². The molecular formula is C18H19N3O2. The number of benzene rings is 2. The average molecular weight is 309 g/mol. The molecule has 1 aliphatic rings. The Labute approximate surface area is 134 Å². The van der Waals surface area contributed by atoms with E-state index in [0.717, 1.165) is 29.7 Å². The van der Waals surface area contributed by atoms with Crippen LogP contribution in [0, 0.1) is 5.41 Å². The molecule has 1 amide bonds. The third-order valence-electron chi connectivity index (χ3n) is 4.25. The van der Waals surface area contributed by atoms with Gasteiger partial charge in [-0.3, -0.25) is 10.2 Å². The van der Waals surface area contributed by atoms with Crippen LogP contribution in [0.1, 0.15) is 39.4 Å². The molecule has 2 aromatic carbocycles. The van der Waals surface area contributed by atoms with Gasteiger partial charge >= 0.3 is 0 Å². The van der Waals surface area contributed by atoms with Gasteiger partial charge in [-0.2, -0.15) is 0 Å². The molecule has 118 valence electrons. The normalized spacial score (nSPS) is 15.7. The number of hydrogen-bond donors (Lipinski definition) is 3. The highest BCUT2D eigenvalue weighted by Crippen LogP contribution is 2.37. The third-order valence-corrected chi connectivity index (χ3v) is 4.25. The van der Waals surface area contributed by atoms with E-state index < -0.39 is 5.91 Å². The number of carbonyl (C=O) groups excluding carboxylic acids is 1. The second-order valence-corrected chi connectivity index (χ2v) is 5.73. The van der Waals surface area contributed by atoms with E-state index in [1.165, 1.54) is 0 Å². The number of nitrogens with one attached hydrogen (secondary N) is 1. The molecule has 0 fully saturated rings. The maximum atomic E-state index is 11.5. The molecule has 0 bridgehead atoms. The predicted molar refractivity (Wildman–Crippen MR) is 89.0 cm³/mol. The van der Waals surface area contributed by atoms with E-state index in [2.05, 4.69) is 0 Å². The number of rotatable bonds is 5. The Morgan fingerprint density at radius 2 is 2.00 bits per heavy atom. The van der Waals surface area contributed by atoms with Gasteiger partial charge in [-0.15, -0.1) is 0 Å². The molecule has 5 N–H and O–H groups in total. The van der Waals surface area contributed by atoms with Crippen molar-refractivity contribution in [2.75, 3.05) is 6.61 Å². The van der Waals surface area contributed by atoms with Crippen molar-refractivity contribution in [3.63, 3.8) is 0 Å². The zero-order valence-electron chi connectivity index (χ0n) is 12.7. The SMILES string of the molecule is N=C(N)c1ccc2c(c1)C(CCc1ccccc1C(N)=O)CO2. The largest absolute Gasteiger partial charge is 0.493 e. The maximum absolute atomic E-state index is 11.5. The lowest BCUT2D eigenvalue weighted by molar-refractivity contribution is 0.0999. The van der Waals surface area contributed by atoms with Gasteiger partial charge in [0.25, 0.3) is 0 Å². The van der Waals surface area contributed by atoms with E-state index in [0.29, 0.717) is 17.7 Å². The van der Waals surface area contributed by atoms with Gasteiger partial charge in [0.1, 0.15) is 11.6 Å². The molecule has 0 aromatic heterocycles. The molecule has 3 rings (SSSR count). The third kappa shape index (κ3) is 3.04. The average Bonchev–Trinajstić information content (AvgIpc) is 2.95. The molecule has 0 aliphatic carbocycles. The zero-order chi connectivity index (χ0) is 16.4. The van der Waals surface area contributed by atoms with E-state index in [4.69, 9.17) is 21.6 Å². The van der Waals surface area contributed by atoms with Crippen LogP contribution in [-0.2, 0) is 6.42 Å². The van der Waals surface area contributed by atoms with Crippen LogP contribution in [-0.4, -0.2) is 18.3 Å². The number of amides is 1.